The van der Waals surface area contributed by atoms with E-state index in [9.17, 15) is 0 Å². The van der Waals surface area contributed by atoms with Crippen LogP contribution in [0.5, 0.6) is 0 Å². The molecule has 3 N–H and O–H groups in total. The van der Waals surface area contributed by atoms with Crippen molar-refractivity contribution in [3.05, 3.63) is 48.0 Å². The normalized spacial score (nSPS) is 10.2. The number of nitrogen functional groups attached to an aromatic ring is 1. The first kappa shape index (κ1) is 12.3. The van der Waals surface area contributed by atoms with E-state index in [0.717, 1.165) is 28.3 Å². The minimum absolute atomic E-state index is 0.821. The van der Waals surface area contributed by atoms with Gasteiger partial charge in [0.05, 0.1) is 11.4 Å². The van der Waals surface area contributed by atoms with Gasteiger partial charge in [0.2, 0.25) is 0 Å². The predicted molar refractivity (Wildman–Crippen MR) is 79.6 cm³/mol. The van der Waals surface area contributed by atoms with E-state index in [-0.39, 0.29) is 0 Å². The Morgan fingerprint density at radius 2 is 1.78 bits per heavy atom. The van der Waals surface area contributed by atoms with Crippen LogP contribution in [0, 0.1) is 6.92 Å². The maximum Gasteiger partial charge on any atom is 0.0621 e. The Balaban J connectivity index is 2.31. The van der Waals surface area contributed by atoms with Gasteiger partial charge in [-0.15, -0.1) is 0 Å². The van der Waals surface area contributed by atoms with Crippen molar-refractivity contribution in [1.29, 1.82) is 0 Å². The molecule has 0 atom stereocenters. The van der Waals surface area contributed by atoms with Crippen molar-refractivity contribution in [3.63, 3.8) is 0 Å². The van der Waals surface area contributed by atoms with Gasteiger partial charge in [0.25, 0.3) is 0 Å². The van der Waals surface area contributed by atoms with Crippen molar-refractivity contribution < 1.29 is 0 Å². The zero-order valence-electron chi connectivity index (χ0n) is 11.1. The Morgan fingerprint density at radius 1 is 1.06 bits per heavy atom. The Bertz CT molecular complexity index is 547. The molecule has 0 heterocycles. The molecule has 2 rings (SSSR count). The summed E-state index contributed by atoms with van der Waals surface area (Å²) in [5, 5.41) is 3.42. The average molecular weight is 241 g/mol. The lowest BCUT2D eigenvalue weighted by Crippen LogP contribution is -2.10. The van der Waals surface area contributed by atoms with Crippen LogP contribution in [0.25, 0.3) is 0 Å². The van der Waals surface area contributed by atoms with Crippen LogP contribution >= 0.6 is 0 Å². The molecule has 3 nitrogen and oxygen atoms in total. The van der Waals surface area contributed by atoms with Gasteiger partial charge in [0, 0.05) is 25.5 Å². The Hall–Kier alpha value is -2.16. The van der Waals surface area contributed by atoms with Gasteiger partial charge in [0.1, 0.15) is 0 Å². The van der Waals surface area contributed by atoms with E-state index in [2.05, 4.69) is 28.4 Å². The SMILES string of the molecule is Cc1cc(Nc2ccccc2N(C)C)ccc1N. The first-order chi connectivity index (χ1) is 8.58. The van der Waals surface area contributed by atoms with Crippen LogP contribution in [0.15, 0.2) is 42.5 Å². The molecule has 2 aromatic rings. The molecular weight excluding hydrogens is 222 g/mol. The summed E-state index contributed by atoms with van der Waals surface area (Å²) in [6.45, 7) is 2.01. The lowest BCUT2D eigenvalue weighted by atomic mass is 10.1. The lowest BCUT2D eigenvalue weighted by Gasteiger charge is -2.18. The topological polar surface area (TPSA) is 41.3 Å². The molecule has 0 spiro atoms. The summed E-state index contributed by atoms with van der Waals surface area (Å²) in [5.74, 6) is 0. The van der Waals surface area contributed by atoms with Crippen molar-refractivity contribution >= 4 is 22.7 Å². The van der Waals surface area contributed by atoms with Gasteiger partial charge in [-0.05, 0) is 42.8 Å². The summed E-state index contributed by atoms with van der Waals surface area (Å²) < 4.78 is 0. The van der Waals surface area contributed by atoms with E-state index >= 15 is 0 Å². The highest BCUT2D eigenvalue weighted by Crippen LogP contribution is 2.28. The fraction of sp³-hybridized carbons (Fsp3) is 0.200. The van der Waals surface area contributed by atoms with Crippen LogP contribution in [0.3, 0.4) is 0 Å². The zero-order valence-corrected chi connectivity index (χ0v) is 11.1. The van der Waals surface area contributed by atoms with E-state index < -0.39 is 0 Å². The Labute approximate surface area is 108 Å². The number of hydrogen-bond acceptors (Lipinski definition) is 3. The largest absolute Gasteiger partial charge is 0.399 e. The molecule has 0 aliphatic heterocycles. The van der Waals surface area contributed by atoms with Crippen molar-refractivity contribution in [2.75, 3.05) is 30.0 Å². The van der Waals surface area contributed by atoms with Gasteiger partial charge in [-0.1, -0.05) is 12.1 Å². The second kappa shape index (κ2) is 5.00. The van der Waals surface area contributed by atoms with Crippen LogP contribution in [-0.4, -0.2) is 14.1 Å². The third-order valence-electron chi connectivity index (χ3n) is 2.93. The first-order valence-corrected chi connectivity index (χ1v) is 5.97. The molecule has 0 radical (unpaired) electrons. The maximum atomic E-state index is 5.82. The highest BCUT2D eigenvalue weighted by Gasteiger charge is 2.04. The number of nitrogens with two attached hydrogens (primary N) is 1. The number of para-hydroxylation sites is 2. The smallest absolute Gasteiger partial charge is 0.0621 e. The highest BCUT2D eigenvalue weighted by molar-refractivity contribution is 5.75. The Kier molecular flexibility index (Phi) is 3.42. The van der Waals surface area contributed by atoms with Gasteiger partial charge in [-0.3, -0.25) is 0 Å². The molecule has 2 aromatic carbocycles. The van der Waals surface area contributed by atoms with Crippen LogP contribution in [0.1, 0.15) is 5.56 Å². The molecule has 0 fully saturated rings. The molecule has 0 amide bonds. The van der Waals surface area contributed by atoms with E-state index in [4.69, 9.17) is 5.73 Å². The van der Waals surface area contributed by atoms with Gasteiger partial charge in [-0.2, -0.15) is 0 Å². The number of rotatable bonds is 3. The van der Waals surface area contributed by atoms with Gasteiger partial charge < -0.3 is 16.0 Å². The summed E-state index contributed by atoms with van der Waals surface area (Å²) in [7, 11) is 4.07. The molecule has 0 bridgehead atoms. The van der Waals surface area contributed by atoms with Gasteiger partial charge >= 0.3 is 0 Å². The van der Waals surface area contributed by atoms with Crippen molar-refractivity contribution in [3.8, 4) is 0 Å². The summed E-state index contributed by atoms with van der Waals surface area (Å²) in [4.78, 5) is 2.09. The minimum atomic E-state index is 0.821. The number of hydrogen-bond donors (Lipinski definition) is 2. The summed E-state index contributed by atoms with van der Waals surface area (Å²) in [5.41, 5.74) is 11.0. The van der Waals surface area contributed by atoms with E-state index in [1.165, 1.54) is 0 Å². The number of aryl methyl sites for hydroxylation is 1. The molecule has 0 unspecified atom stereocenters. The second-order valence-corrected chi connectivity index (χ2v) is 4.61. The standard InChI is InChI=1S/C15H19N3/c1-11-10-12(8-9-13(11)16)17-14-6-4-5-7-15(14)18(2)3/h4-10,17H,16H2,1-3H3. The molecule has 0 aromatic heterocycles. The molecule has 0 aliphatic rings. The van der Waals surface area contributed by atoms with Gasteiger partial charge in [-0.25, -0.2) is 0 Å². The van der Waals surface area contributed by atoms with Crippen molar-refractivity contribution in [2.24, 2.45) is 0 Å². The minimum Gasteiger partial charge on any atom is -0.399 e. The predicted octanol–water partition coefficient (Wildman–Crippen LogP) is 3.39. The number of nitrogens with one attached hydrogen (secondary N) is 1. The van der Waals surface area contributed by atoms with Crippen LogP contribution in [-0.2, 0) is 0 Å². The zero-order chi connectivity index (χ0) is 13.1. The molecule has 3 heteroatoms. The van der Waals surface area contributed by atoms with Gasteiger partial charge in [0.15, 0.2) is 0 Å². The Morgan fingerprint density at radius 3 is 2.44 bits per heavy atom. The molecular formula is C15H19N3. The monoisotopic (exact) mass is 241 g/mol. The quantitative estimate of drug-likeness (QED) is 0.809. The number of nitrogens with zero attached hydrogens (tertiary/aromatic N) is 1. The third-order valence-corrected chi connectivity index (χ3v) is 2.93. The summed E-state index contributed by atoms with van der Waals surface area (Å²) >= 11 is 0. The molecule has 0 saturated carbocycles. The fourth-order valence-electron chi connectivity index (χ4n) is 1.88. The number of benzene rings is 2. The molecule has 0 aliphatic carbocycles. The maximum absolute atomic E-state index is 5.82. The highest BCUT2D eigenvalue weighted by atomic mass is 15.1. The van der Waals surface area contributed by atoms with Crippen LogP contribution < -0.4 is 16.0 Å². The third kappa shape index (κ3) is 2.56. The van der Waals surface area contributed by atoms with E-state index in [0.29, 0.717) is 0 Å². The summed E-state index contributed by atoms with van der Waals surface area (Å²) in [6.07, 6.45) is 0. The van der Waals surface area contributed by atoms with Crippen molar-refractivity contribution in [1.82, 2.24) is 0 Å². The first-order valence-electron chi connectivity index (χ1n) is 5.97. The molecule has 94 valence electrons. The van der Waals surface area contributed by atoms with Crippen LogP contribution in [0.2, 0.25) is 0 Å². The average Bonchev–Trinajstić information content (AvgIpc) is 2.34. The van der Waals surface area contributed by atoms with E-state index in [1.54, 1.807) is 0 Å². The fourth-order valence-corrected chi connectivity index (χ4v) is 1.88. The molecule has 0 saturated heterocycles. The second-order valence-electron chi connectivity index (χ2n) is 4.61. The summed E-state index contributed by atoms with van der Waals surface area (Å²) in [6, 6.07) is 14.2. The van der Waals surface area contributed by atoms with Crippen molar-refractivity contribution in [2.45, 2.75) is 6.92 Å². The number of anilines is 4. The van der Waals surface area contributed by atoms with E-state index in [1.807, 2.05) is 45.3 Å². The van der Waals surface area contributed by atoms with Crippen LogP contribution in [0.4, 0.5) is 22.7 Å². The lowest BCUT2D eigenvalue weighted by molar-refractivity contribution is 1.13. The molecule has 18 heavy (non-hydrogen) atoms.